The van der Waals surface area contributed by atoms with Crippen LogP contribution >= 0.6 is 22.9 Å². The van der Waals surface area contributed by atoms with E-state index in [1.807, 2.05) is 30.3 Å². The van der Waals surface area contributed by atoms with Crippen LogP contribution in [0.4, 0.5) is 5.69 Å². The lowest BCUT2D eigenvalue weighted by Gasteiger charge is -2.27. The summed E-state index contributed by atoms with van der Waals surface area (Å²) in [7, 11) is 1.55. The second-order valence-electron chi connectivity index (χ2n) is 8.56. The largest absolute Gasteiger partial charge is 0.496 e. The predicted octanol–water partition coefficient (Wildman–Crippen LogP) is 4.76. The summed E-state index contributed by atoms with van der Waals surface area (Å²) in [6.45, 7) is 2.39. The van der Waals surface area contributed by atoms with Crippen molar-refractivity contribution in [3.63, 3.8) is 0 Å². The summed E-state index contributed by atoms with van der Waals surface area (Å²) in [5, 5.41) is 7.10. The van der Waals surface area contributed by atoms with Gasteiger partial charge in [0.25, 0.3) is 11.8 Å². The lowest BCUT2D eigenvalue weighted by atomic mass is 10.0. The molecule has 2 aliphatic rings. The summed E-state index contributed by atoms with van der Waals surface area (Å²) in [6.07, 6.45) is 2.59. The number of piperidine rings is 1. The molecule has 1 fully saturated rings. The van der Waals surface area contributed by atoms with E-state index in [1.54, 1.807) is 24.1 Å². The van der Waals surface area contributed by atoms with Crippen molar-refractivity contribution < 1.29 is 14.3 Å². The molecule has 8 heteroatoms. The number of thiophene rings is 1. The Morgan fingerprint density at radius 2 is 1.91 bits per heavy atom. The van der Waals surface area contributed by atoms with E-state index in [1.165, 1.54) is 11.3 Å². The van der Waals surface area contributed by atoms with E-state index in [9.17, 15) is 9.59 Å². The molecular formula is C26H26ClN3O3S. The van der Waals surface area contributed by atoms with Crippen LogP contribution < -0.4 is 20.3 Å². The van der Waals surface area contributed by atoms with Crippen LogP contribution in [0.25, 0.3) is 10.4 Å². The third-order valence-electron chi connectivity index (χ3n) is 6.40. The van der Waals surface area contributed by atoms with Gasteiger partial charge in [0, 0.05) is 34.2 Å². The number of carbonyl (C=O) groups excluding carboxylic acids is 2. The number of methoxy groups -OCH3 is 1. The highest BCUT2D eigenvalue weighted by atomic mass is 35.5. The van der Waals surface area contributed by atoms with Gasteiger partial charge in [0.05, 0.1) is 17.6 Å². The van der Waals surface area contributed by atoms with E-state index in [2.05, 4.69) is 16.7 Å². The van der Waals surface area contributed by atoms with E-state index in [0.717, 1.165) is 58.9 Å². The summed E-state index contributed by atoms with van der Waals surface area (Å²) < 4.78 is 5.54. The van der Waals surface area contributed by atoms with Gasteiger partial charge in [-0.25, -0.2) is 0 Å². The monoisotopic (exact) mass is 495 g/mol. The maximum atomic E-state index is 13.4. The smallest absolute Gasteiger partial charge is 0.268 e. The van der Waals surface area contributed by atoms with Gasteiger partial charge in [0.1, 0.15) is 5.75 Å². The number of ether oxygens (including phenoxy) is 1. The van der Waals surface area contributed by atoms with Crippen LogP contribution in [-0.4, -0.2) is 44.6 Å². The van der Waals surface area contributed by atoms with Gasteiger partial charge >= 0.3 is 0 Å². The number of anilines is 1. The summed E-state index contributed by atoms with van der Waals surface area (Å²) in [4.78, 5) is 29.8. The first-order valence-electron chi connectivity index (χ1n) is 11.4. The molecule has 1 saturated heterocycles. The normalized spacial score (nSPS) is 16.3. The molecule has 3 aromatic rings. The van der Waals surface area contributed by atoms with Gasteiger partial charge < -0.3 is 20.3 Å². The third kappa shape index (κ3) is 4.56. The molecule has 0 aliphatic carbocycles. The molecule has 0 saturated carbocycles. The third-order valence-corrected chi connectivity index (χ3v) is 7.86. The highest BCUT2D eigenvalue weighted by molar-refractivity contribution is 7.17. The van der Waals surface area contributed by atoms with E-state index in [-0.39, 0.29) is 17.9 Å². The van der Waals surface area contributed by atoms with Crippen LogP contribution in [0.3, 0.4) is 0 Å². The molecule has 0 unspecified atom stereocenters. The fourth-order valence-electron chi connectivity index (χ4n) is 4.52. The lowest BCUT2D eigenvalue weighted by Crippen LogP contribution is -2.42. The Labute approximate surface area is 207 Å². The first-order chi connectivity index (χ1) is 16.5. The number of hydrogen-bond acceptors (Lipinski definition) is 5. The fourth-order valence-corrected chi connectivity index (χ4v) is 5.81. The van der Waals surface area contributed by atoms with Crippen molar-refractivity contribution in [3.8, 4) is 16.2 Å². The van der Waals surface area contributed by atoms with Crippen LogP contribution in [-0.2, 0) is 6.42 Å². The number of nitrogens with zero attached hydrogens (tertiary/aromatic N) is 1. The summed E-state index contributed by atoms with van der Waals surface area (Å²) >= 11 is 7.52. The number of carbonyl (C=O) groups is 2. The molecule has 176 valence electrons. The van der Waals surface area contributed by atoms with E-state index in [0.29, 0.717) is 22.9 Å². The summed E-state index contributed by atoms with van der Waals surface area (Å²) in [6, 6.07) is 15.3. The number of halogens is 1. The summed E-state index contributed by atoms with van der Waals surface area (Å²) in [5.41, 5.74) is 3.33. The molecule has 0 atom stereocenters. The molecule has 3 heterocycles. The fraction of sp³-hybridized carbons (Fsp3) is 0.308. The molecular weight excluding hydrogens is 470 g/mol. The Balaban J connectivity index is 1.36. The average molecular weight is 496 g/mol. The van der Waals surface area contributed by atoms with Crippen LogP contribution in [0.5, 0.6) is 5.75 Å². The molecule has 2 N–H and O–H groups in total. The van der Waals surface area contributed by atoms with E-state index >= 15 is 0 Å². The number of amides is 2. The van der Waals surface area contributed by atoms with Crippen LogP contribution in [0.1, 0.15) is 38.4 Å². The van der Waals surface area contributed by atoms with Gasteiger partial charge in [-0.3, -0.25) is 9.59 Å². The second-order valence-corrected chi connectivity index (χ2v) is 10.0. The van der Waals surface area contributed by atoms with Crippen LogP contribution in [0.15, 0.2) is 48.5 Å². The van der Waals surface area contributed by atoms with E-state index in [4.69, 9.17) is 16.3 Å². The SMILES string of the molecule is COc1cc(N2CCc3cc(-c4ccc(Cl)cc4)sc3C2=O)ccc1C(=O)NC1CCNCC1. The second kappa shape index (κ2) is 9.78. The maximum absolute atomic E-state index is 13.4. The van der Waals surface area contributed by atoms with Crippen molar-refractivity contribution in [2.45, 2.75) is 25.3 Å². The first-order valence-corrected chi connectivity index (χ1v) is 12.6. The predicted molar refractivity (Wildman–Crippen MR) is 136 cm³/mol. The van der Waals surface area contributed by atoms with Gasteiger partial charge in [0.2, 0.25) is 0 Å². The highest BCUT2D eigenvalue weighted by Gasteiger charge is 2.29. The van der Waals surface area contributed by atoms with E-state index < -0.39 is 0 Å². The Morgan fingerprint density at radius 3 is 2.65 bits per heavy atom. The van der Waals surface area contributed by atoms with Crippen molar-refractivity contribution in [2.75, 3.05) is 31.6 Å². The molecule has 34 heavy (non-hydrogen) atoms. The number of fused-ring (bicyclic) bond motifs is 1. The zero-order valence-electron chi connectivity index (χ0n) is 18.9. The first kappa shape index (κ1) is 22.9. The van der Waals surface area contributed by atoms with Gasteiger partial charge in [0.15, 0.2) is 0 Å². The molecule has 5 rings (SSSR count). The van der Waals surface area contributed by atoms with Gasteiger partial charge in [-0.15, -0.1) is 11.3 Å². The Hall–Kier alpha value is -2.87. The Bertz CT molecular complexity index is 1220. The van der Waals surface area contributed by atoms with Crippen molar-refractivity contribution >= 4 is 40.4 Å². The molecule has 0 spiro atoms. The zero-order valence-corrected chi connectivity index (χ0v) is 20.5. The molecule has 2 aliphatic heterocycles. The van der Waals surface area contributed by atoms with Crippen LogP contribution in [0.2, 0.25) is 5.02 Å². The standard InChI is InChI=1S/C26H26ClN3O3S/c1-33-22-15-20(6-7-21(22)25(31)29-19-8-11-28-12-9-19)30-13-10-17-14-23(34-24(17)26(30)32)16-2-4-18(27)5-3-16/h2-7,14-15,19,28H,8-13H2,1H3,(H,29,31). The van der Waals surface area contributed by atoms with Gasteiger partial charge in [-0.1, -0.05) is 23.7 Å². The van der Waals surface area contributed by atoms with Crippen molar-refractivity contribution in [1.29, 1.82) is 0 Å². The Kier molecular flexibility index (Phi) is 6.59. The minimum absolute atomic E-state index is 0.0274. The molecule has 0 bridgehead atoms. The zero-order chi connectivity index (χ0) is 23.7. The lowest BCUT2D eigenvalue weighted by molar-refractivity contribution is 0.0926. The minimum Gasteiger partial charge on any atom is -0.496 e. The van der Waals surface area contributed by atoms with Crippen molar-refractivity contribution in [1.82, 2.24) is 10.6 Å². The average Bonchev–Trinajstić information content (AvgIpc) is 3.30. The van der Waals surface area contributed by atoms with Gasteiger partial charge in [-0.2, -0.15) is 0 Å². The number of rotatable bonds is 5. The molecule has 0 radical (unpaired) electrons. The van der Waals surface area contributed by atoms with Crippen molar-refractivity contribution in [2.24, 2.45) is 0 Å². The number of hydrogen-bond donors (Lipinski definition) is 2. The number of benzene rings is 2. The minimum atomic E-state index is -0.145. The molecule has 6 nitrogen and oxygen atoms in total. The number of nitrogens with one attached hydrogen (secondary N) is 2. The molecule has 1 aromatic heterocycles. The topological polar surface area (TPSA) is 70.7 Å². The van der Waals surface area contributed by atoms with Crippen LogP contribution in [0, 0.1) is 0 Å². The Morgan fingerprint density at radius 1 is 1.15 bits per heavy atom. The molecule has 2 amide bonds. The maximum Gasteiger partial charge on any atom is 0.268 e. The van der Waals surface area contributed by atoms with Crippen molar-refractivity contribution in [3.05, 3.63) is 69.6 Å². The summed E-state index contributed by atoms with van der Waals surface area (Å²) in [5.74, 6) is 0.296. The van der Waals surface area contributed by atoms with Gasteiger partial charge in [-0.05, 0) is 73.8 Å². The molecule has 2 aromatic carbocycles. The highest BCUT2D eigenvalue weighted by Crippen LogP contribution is 2.37. The quantitative estimate of drug-likeness (QED) is 0.535.